The van der Waals surface area contributed by atoms with Crippen molar-refractivity contribution in [2.24, 2.45) is 0 Å². The van der Waals surface area contributed by atoms with E-state index >= 15 is 0 Å². The first kappa shape index (κ1) is 12.9. The van der Waals surface area contributed by atoms with Crippen molar-refractivity contribution in [3.63, 3.8) is 0 Å². The molecule has 0 aromatic carbocycles. The quantitative estimate of drug-likeness (QED) is 0.542. The highest BCUT2D eigenvalue weighted by atomic mass is 16.3. The predicted octanol–water partition coefficient (Wildman–Crippen LogP) is -0.999. The molecule has 92 valence electrons. The Kier molecular flexibility index (Phi) is 5.21. The lowest BCUT2D eigenvalue weighted by Crippen LogP contribution is -2.50. The Balaban J connectivity index is 2.33. The van der Waals surface area contributed by atoms with Gasteiger partial charge in [0.15, 0.2) is 0 Å². The van der Waals surface area contributed by atoms with Crippen molar-refractivity contribution in [3.8, 4) is 0 Å². The fourth-order valence-electron chi connectivity index (χ4n) is 1.86. The maximum Gasteiger partial charge on any atom is 0.252 e. The molecule has 0 bridgehead atoms. The third-order valence-corrected chi connectivity index (χ3v) is 2.68. The van der Waals surface area contributed by atoms with Crippen LogP contribution in [0.1, 0.15) is 26.2 Å². The summed E-state index contributed by atoms with van der Waals surface area (Å²) in [5.41, 5.74) is 4.55. The molecule has 16 heavy (non-hydrogen) atoms. The van der Waals surface area contributed by atoms with Gasteiger partial charge in [0.1, 0.15) is 0 Å². The van der Waals surface area contributed by atoms with Gasteiger partial charge in [0.25, 0.3) is 5.91 Å². The molecule has 1 heterocycles. The highest BCUT2D eigenvalue weighted by Gasteiger charge is 2.23. The molecule has 1 saturated heterocycles. The SMILES string of the molecule is CC(=O)NNC(=O)CN1CCCCC1CO. The van der Waals surface area contributed by atoms with Gasteiger partial charge in [0.05, 0.1) is 13.2 Å². The Morgan fingerprint density at radius 1 is 1.38 bits per heavy atom. The Labute approximate surface area is 95.0 Å². The number of piperidine rings is 1. The second kappa shape index (κ2) is 6.44. The van der Waals surface area contributed by atoms with Gasteiger partial charge >= 0.3 is 0 Å². The van der Waals surface area contributed by atoms with Crippen LogP contribution in [0.2, 0.25) is 0 Å². The summed E-state index contributed by atoms with van der Waals surface area (Å²) in [6.07, 6.45) is 3.06. The number of hydrazine groups is 1. The van der Waals surface area contributed by atoms with Crippen molar-refractivity contribution in [2.45, 2.75) is 32.2 Å². The molecule has 0 aromatic heterocycles. The summed E-state index contributed by atoms with van der Waals surface area (Å²) in [6, 6.07) is 0.0665. The molecule has 0 aliphatic carbocycles. The van der Waals surface area contributed by atoms with Crippen LogP contribution in [0, 0.1) is 0 Å². The summed E-state index contributed by atoms with van der Waals surface area (Å²) in [4.78, 5) is 24.0. The second-order valence-corrected chi connectivity index (χ2v) is 4.03. The fraction of sp³-hybridized carbons (Fsp3) is 0.800. The van der Waals surface area contributed by atoms with Gasteiger partial charge in [0, 0.05) is 13.0 Å². The molecule has 0 radical (unpaired) electrons. The number of nitrogens with one attached hydrogen (secondary N) is 2. The van der Waals surface area contributed by atoms with Gasteiger partial charge in [0.2, 0.25) is 5.91 Å². The molecule has 6 heteroatoms. The predicted molar refractivity (Wildman–Crippen MR) is 58.3 cm³/mol. The van der Waals surface area contributed by atoms with E-state index in [0.29, 0.717) is 0 Å². The molecule has 1 aliphatic heterocycles. The Bertz CT molecular complexity index is 258. The van der Waals surface area contributed by atoms with E-state index in [1.54, 1.807) is 0 Å². The summed E-state index contributed by atoms with van der Waals surface area (Å²) in [6.45, 7) is 2.44. The normalized spacial score (nSPS) is 21.5. The molecule has 3 N–H and O–H groups in total. The number of rotatable bonds is 3. The summed E-state index contributed by atoms with van der Waals surface area (Å²) in [5, 5.41) is 9.15. The number of carbonyl (C=O) groups excluding carboxylic acids is 2. The second-order valence-electron chi connectivity index (χ2n) is 4.03. The number of hydrogen-bond acceptors (Lipinski definition) is 4. The van der Waals surface area contributed by atoms with Gasteiger partial charge in [-0.05, 0) is 19.4 Å². The van der Waals surface area contributed by atoms with E-state index < -0.39 is 0 Å². The van der Waals surface area contributed by atoms with E-state index in [2.05, 4.69) is 10.9 Å². The Morgan fingerprint density at radius 2 is 2.12 bits per heavy atom. The van der Waals surface area contributed by atoms with Gasteiger partial charge < -0.3 is 5.11 Å². The van der Waals surface area contributed by atoms with Crippen LogP contribution in [0.3, 0.4) is 0 Å². The van der Waals surface area contributed by atoms with Crippen LogP contribution in [0.25, 0.3) is 0 Å². The summed E-state index contributed by atoms with van der Waals surface area (Å²) in [7, 11) is 0. The number of nitrogens with zero attached hydrogens (tertiary/aromatic N) is 1. The molecule has 0 aromatic rings. The van der Waals surface area contributed by atoms with E-state index in [1.165, 1.54) is 6.92 Å². The van der Waals surface area contributed by atoms with Crippen molar-refractivity contribution in [1.29, 1.82) is 0 Å². The monoisotopic (exact) mass is 229 g/mol. The van der Waals surface area contributed by atoms with Crippen LogP contribution in [-0.4, -0.2) is 47.6 Å². The number of amides is 2. The molecule has 0 saturated carbocycles. The average Bonchev–Trinajstić information content (AvgIpc) is 2.27. The standard InChI is InChI=1S/C10H19N3O3/c1-8(15)11-12-10(16)6-13-5-3-2-4-9(13)7-14/h9,14H,2-7H2,1H3,(H,11,15)(H,12,16). The number of carbonyl (C=O) groups is 2. The van der Waals surface area contributed by atoms with Crippen molar-refractivity contribution in [2.75, 3.05) is 19.7 Å². The number of hydrogen-bond donors (Lipinski definition) is 3. The lowest BCUT2D eigenvalue weighted by Gasteiger charge is -2.33. The summed E-state index contributed by atoms with van der Waals surface area (Å²) >= 11 is 0. The highest BCUT2D eigenvalue weighted by Crippen LogP contribution is 2.15. The van der Waals surface area contributed by atoms with Crippen LogP contribution in [-0.2, 0) is 9.59 Å². The van der Waals surface area contributed by atoms with Crippen LogP contribution in [0.15, 0.2) is 0 Å². The Morgan fingerprint density at radius 3 is 2.75 bits per heavy atom. The van der Waals surface area contributed by atoms with E-state index in [4.69, 9.17) is 5.11 Å². The zero-order chi connectivity index (χ0) is 12.0. The summed E-state index contributed by atoms with van der Waals surface area (Å²) in [5.74, 6) is -0.554. The van der Waals surface area contributed by atoms with E-state index in [-0.39, 0.29) is 31.0 Å². The molecule has 1 aliphatic rings. The fourth-order valence-corrected chi connectivity index (χ4v) is 1.86. The van der Waals surface area contributed by atoms with E-state index in [1.807, 2.05) is 4.90 Å². The Hall–Kier alpha value is -1.14. The van der Waals surface area contributed by atoms with Crippen molar-refractivity contribution < 1.29 is 14.7 Å². The number of aliphatic hydroxyl groups excluding tert-OH is 1. The molecule has 2 amide bonds. The first-order chi connectivity index (χ1) is 7.63. The number of aliphatic hydroxyl groups is 1. The lowest BCUT2D eigenvalue weighted by molar-refractivity contribution is -0.129. The van der Waals surface area contributed by atoms with E-state index in [0.717, 1.165) is 25.8 Å². The molecule has 1 fully saturated rings. The first-order valence-electron chi connectivity index (χ1n) is 5.54. The molecule has 1 rings (SSSR count). The minimum absolute atomic E-state index is 0.0665. The van der Waals surface area contributed by atoms with Crippen LogP contribution in [0.5, 0.6) is 0 Å². The van der Waals surface area contributed by atoms with E-state index in [9.17, 15) is 9.59 Å². The minimum Gasteiger partial charge on any atom is -0.395 e. The zero-order valence-corrected chi connectivity index (χ0v) is 9.53. The molecule has 6 nitrogen and oxygen atoms in total. The van der Waals surface area contributed by atoms with Crippen LogP contribution >= 0.6 is 0 Å². The number of likely N-dealkylation sites (tertiary alicyclic amines) is 1. The smallest absolute Gasteiger partial charge is 0.252 e. The molecule has 0 spiro atoms. The first-order valence-corrected chi connectivity index (χ1v) is 5.54. The van der Waals surface area contributed by atoms with Crippen LogP contribution < -0.4 is 10.9 Å². The molecular formula is C10H19N3O3. The van der Waals surface area contributed by atoms with Gasteiger partial charge in [-0.2, -0.15) is 0 Å². The van der Waals surface area contributed by atoms with Gasteiger partial charge in [-0.1, -0.05) is 6.42 Å². The minimum atomic E-state index is -0.300. The topological polar surface area (TPSA) is 81.7 Å². The average molecular weight is 229 g/mol. The largest absolute Gasteiger partial charge is 0.395 e. The maximum absolute atomic E-state index is 11.4. The third-order valence-electron chi connectivity index (χ3n) is 2.68. The van der Waals surface area contributed by atoms with Crippen molar-refractivity contribution >= 4 is 11.8 Å². The van der Waals surface area contributed by atoms with Gasteiger partial charge in [-0.15, -0.1) is 0 Å². The highest BCUT2D eigenvalue weighted by molar-refractivity contribution is 5.81. The third kappa shape index (κ3) is 4.16. The maximum atomic E-state index is 11.4. The van der Waals surface area contributed by atoms with Crippen molar-refractivity contribution in [1.82, 2.24) is 15.8 Å². The molecule has 1 atom stereocenters. The molecule has 1 unspecified atom stereocenters. The summed E-state index contributed by atoms with van der Waals surface area (Å²) < 4.78 is 0. The molecular weight excluding hydrogens is 210 g/mol. The zero-order valence-electron chi connectivity index (χ0n) is 9.53. The van der Waals surface area contributed by atoms with Gasteiger partial charge in [-0.25, -0.2) is 0 Å². The lowest BCUT2D eigenvalue weighted by atomic mass is 10.0. The van der Waals surface area contributed by atoms with Gasteiger partial charge in [-0.3, -0.25) is 25.3 Å². The van der Waals surface area contributed by atoms with Crippen molar-refractivity contribution in [3.05, 3.63) is 0 Å². The van der Waals surface area contributed by atoms with Crippen LogP contribution in [0.4, 0.5) is 0 Å².